The van der Waals surface area contributed by atoms with Crippen LogP contribution in [0.1, 0.15) is 0 Å². The van der Waals surface area contributed by atoms with Gasteiger partial charge in [-0.25, -0.2) is 9.90 Å². The molecule has 0 aromatic rings. The molecule has 0 aromatic heterocycles. The Morgan fingerprint density at radius 2 is 1.80 bits per heavy atom. The molecule has 0 spiro atoms. The molecule has 0 amide bonds. The maximum Gasteiger partial charge on any atom is 0.418 e. The Balaban J connectivity index is 3.20. The third kappa shape index (κ3) is 3.14. The molecule has 0 aliphatic rings. The van der Waals surface area contributed by atoms with E-state index in [0.717, 1.165) is 0 Å². The molecule has 0 rings (SSSR count). The zero-order valence-corrected chi connectivity index (χ0v) is 2.30. The minimum Gasteiger partial charge on any atom is -0.290 e. The second kappa shape index (κ2) is 1.46. The van der Waals surface area contributed by atoms with Gasteiger partial charge >= 0.3 is 5.97 Å². The first-order chi connectivity index (χ1) is 2.27. The summed E-state index contributed by atoms with van der Waals surface area (Å²) in [4.78, 5) is 17.7. The number of hydrogen-bond donors (Lipinski definition) is 0. The van der Waals surface area contributed by atoms with Crippen molar-refractivity contribution in [2.75, 3.05) is 0 Å². The molecule has 27 valence electrons. The zero-order chi connectivity index (χ0) is 4.28. The Morgan fingerprint density at radius 3 is 1.80 bits per heavy atom. The van der Waals surface area contributed by atoms with Crippen LogP contribution in [0, 0.1) is 0 Å². The molecule has 0 fully saturated rings. The molecular formula is C2HO3. The molecule has 0 saturated carbocycles. The van der Waals surface area contributed by atoms with E-state index in [-0.39, 0.29) is 6.29 Å². The highest BCUT2D eigenvalue weighted by Gasteiger charge is 1.86. The first kappa shape index (κ1) is 4.14. The Kier molecular flexibility index (Phi) is 1.21. The molecule has 1 radical (unpaired) electrons. The number of carbonyl (C=O) groups is 2. The molecule has 3 heteroatoms. The highest BCUT2D eigenvalue weighted by molar-refractivity contribution is 6.18. The van der Waals surface area contributed by atoms with Gasteiger partial charge in [0.2, 0.25) is 6.29 Å². The summed E-state index contributed by atoms with van der Waals surface area (Å²) >= 11 is 0. The Hall–Kier alpha value is -0.860. The summed E-state index contributed by atoms with van der Waals surface area (Å²) in [5.74, 6) is -1.68. The van der Waals surface area contributed by atoms with Crippen molar-refractivity contribution in [3.05, 3.63) is 0 Å². The van der Waals surface area contributed by atoms with Crippen LogP contribution in [0.5, 0.6) is 0 Å². The molecule has 0 aliphatic heterocycles. The van der Waals surface area contributed by atoms with Gasteiger partial charge in [0.15, 0.2) is 0 Å². The lowest BCUT2D eigenvalue weighted by Gasteiger charge is -1.51. The fraction of sp³-hybridized carbons (Fsp3) is 0. The van der Waals surface area contributed by atoms with Crippen molar-refractivity contribution in [3.8, 4) is 0 Å². The van der Waals surface area contributed by atoms with E-state index >= 15 is 0 Å². The predicted molar refractivity (Wildman–Crippen MR) is 11.8 cm³/mol. The van der Waals surface area contributed by atoms with E-state index in [4.69, 9.17) is 14.7 Å². The van der Waals surface area contributed by atoms with E-state index in [0.29, 0.717) is 0 Å². The van der Waals surface area contributed by atoms with Crippen molar-refractivity contribution < 1.29 is 14.7 Å². The van der Waals surface area contributed by atoms with Crippen LogP contribution in [0.2, 0.25) is 0 Å². The van der Waals surface area contributed by atoms with E-state index in [1.165, 1.54) is 0 Å². The van der Waals surface area contributed by atoms with E-state index in [1.807, 2.05) is 0 Å². The molecule has 5 heavy (non-hydrogen) atoms. The number of rotatable bonds is 1. The maximum absolute atomic E-state index is 8.89. The van der Waals surface area contributed by atoms with Gasteiger partial charge in [-0.2, -0.15) is 0 Å². The largest absolute Gasteiger partial charge is 0.418 e. The highest BCUT2D eigenvalue weighted by atomic mass is 16.4. The summed E-state index contributed by atoms with van der Waals surface area (Å²) in [6.07, 6.45) is -0.278. The summed E-state index contributed by atoms with van der Waals surface area (Å²) in [5, 5.41) is 8.89. The SMILES string of the molecule is [O]C(=O)C=O. The predicted octanol–water partition coefficient (Wildman–Crippen LogP) is -0.858. The van der Waals surface area contributed by atoms with Crippen LogP contribution in [-0.4, -0.2) is 12.3 Å². The standard InChI is InChI=1S/C2HO3/c3-1-2(4)5/h1H. The second-order valence-electron chi connectivity index (χ2n) is 0.437. The highest BCUT2D eigenvalue weighted by Crippen LogP contribution is 1.42. The maximum atomic E-state index is 8.89. The molecule has 3 nitrogen and oxygen atoms in total. The van der Waals surface area contributed by atoms with E-state index in [9.17, 15) is 0 Å². The average Bonchev–Trinajstić information content (AvgIpc) is 1.38. The van der Waals surface area contributed by atoms with Crippen LogP contribution in [0.3, 0.4) is 0 Å². The molecular weight excluding hydrogens is 72.0 g/mol. The Labute approximate surface area is 28.2 Å². The van der Waals surface area contributed by atoms with E-state index < -0.39 is 5.97 Å². The molecule has 0 heterocycles. The molecule has 0 atom stereocenters. The van der Waals surface area contributed by atoms with Gasteiger partial charge in [-0.15, -0.1) is 0 Å². The van der Waals surface area contributed by atoms with Crippen LogP contribution in [0.15, 0.2) is 0 Å². The quantitative estimate of drug-likeness (QED) is 0.299. The van der Waals surface area contributed by atoms with Crippen molar-refractivity contribution in [2.45, 2.75) is 0 Å². The van der Waals surface area contributed by atoms with Crippen molar-refractivity contribution in [1.29, 1.82) is 0 Å². The topological polar surface area (TPSA) is 54.0 Å². The normalized spacial score (nSPS) is 6.40. The third-order valence-corrected chi connectivity index (χ3v) is 0.0962. The summed E-state index contributed by atoms with van der Waals surface area (Å²) in [6, 6.07) is 0. The van der Waals surface area contributed by atoms with Crippen LogP contribution in [0.25, 0.3) is 0 Å². The van der Waals surface area contributed by atoms with Gasteiger partial charge < -0.3 is 0 Å². The fourth-order valence-corrected chi connectivity index (χ4v) is 0. The van der Waals surface area contributed by atoms with Gasteiger partial charge in [-0.3, -0.25) is 4.79 Å². The molecule has 0 aliphatic carbocycles. The fourth-order valence-electron chi connectivity index (χ4n) is 0. The second-order valence-corrected chi connectivity index (χ2v) is 0.437. The summed E-state index contributed by atoms with van der Waals surface area (Å²) in [6.45, 7) is 0. The van der Waals surface area contributed by atoms with Crippen molar-refractivity contribution in [2.24, 2.45) is 0 Å². The lowest BCUT2D eigenvalue weighted by molar-refractivity contribution is -0.148. The van der Waals surface area contributed by atoms with E-state index in [1.54, 1.807) is 0 Å². The van der Waals surface area contributed by atoms with Gasteiger partial charge in [-0.05, 0) is 0 Å². The zero-order valence-electron chi connectivity index (χ0n) is 2.30. The third-order valence-electron chi connectivity index (χ3n) is 0.0962. The molecule has 0 aromatic carbocycles. The summed E-state index contributed by atoms with van der Waals surface area (Å²) in [7, 11) is 0. The number of aldehydes is 1. The minimum absolute atomic E-state index is 0.278. The van der Waals surface area contributed by atoms with Gasteiger partial charge in [-0.1, -0.05) is 0 Å². The number of hydrogen-bond acceptors (Lipinski definition) is 2. The van der Waals surface area contributed by atoms with Crippen LogP contribution >= 0.6 is 0 Å². The first-order valence-electron chi connectivity index (χ1n) is 0.933. The monoisotopic (exact) mass is 73.0 g/mol. The number of carbonyl (C=O) groups excluding carboxylic acids is 2. The smallest absolute Gasteiger partial charge is 0.290 e. The molecule has 0 unspecified atom stereocenters. The van der Waals surface area contributed by atoms with Gasteiger partial charge in [0, 0.05) is 0 Å². The molecule has 0 saturated heterocycles. The summed E-state index contributed by atoms with van der Waals surface area (Å²) < 4.78 is 0. The Morgan fingerprint density at radius 1 is 1.60 bits per heavy atom. The van der Waals surface area contributed by atoms with Crippen molar-refractivity contribution in [3.63, 3.8) is 0 Å². The first-order valence-corrected chi connectivity index (χ1v) is 0.933. The van der Waals surface area contributed by atoms with Gasteiger partial charge in [0.05, 0.1) is 0 Å². The van der Waals surface area contributed by atoms with Gasteiger partial charge in [0.25, 0.3) is 0 Å². The van der Waals surface area contributed by atoms with Crippen LogP contribution < -0.4 is 0 Å². The average molecular weight is 73.0 g/mol. The van der Waals surface area contributed by atoms with Crippen molar-refractivity contribution in [1.82, 2.24) is 0 Å². The van der Waals surface area contributed by atoms with E-state index in [2.05, 4.69) is 0 Å². The molecule has 0 bridgehead atoms. The lowest BCUT2D eigenvalue weighted by atomic mass is 10.8. The van der Waals surface area contributed by atoms with Crippen LogP contribution in [-0.2, 0) is 14.7 Å². The van der Waals surface area contributed by atoms with Crippen LogP contribution in [0.4, 0.5) is 0 Å². The minimum atomic E-state index is -1.68. The molecule has 0 N–H and O–H groups in total. The Bertz CT molecular complexity index is 55.9. The van der Waals surface area contributed by atoms with Crippen molar-refractivity contribution >= 4 is 12.3 Å². The lowest BCUT2D eigenvalue weighted by Crippen LogP contribution is -1.89. The summed E-state index contributed by atoms with van der Waals surface area (Å²) in [5.41, 5.74) is 0. The van der Waals surface area contributed by atoms with Gasteiger partial charge in [0.1, 0.15) is 0 Å².